The van der Waals surface area contributed by atoms with Crippen molar-refractivity contribution in [2.45, 2.75) is 19.6 Å². The molecule has 0 bridgehead atoms. The predicted molar refractivity (Wildman–Crippen MR) is 106 cm³/mol. The van der Waals surface area contributed by atoms with Gasteiger partial charge in [0.05, 0.1) is 6.54 Å². The number of aliphatic hydroxyl groups is 1. The topological polar surface area (TPSA) is 56.7 Å². The van der Waals surface area contributed by atoms with Crippen molar-refractivity contribution in [1.29, 1.82) is 0 Å². The van der Waals surface area contributed by atoms with Crippen LogP contribution in [0.1, 0.15) is 23.5 Å². The highest BCUT2D eigenvalue weighted by Crippen LogP contribution is 2.29. The second kappa shape index (κ2) is 8.78. The van der Waals surface area contributed by atoms with Crippen LogP contribution in [0.2, 0.25) is 0 Å². The number of thiophene rings is 1. The zero-order valence-corrected chi connectivity index (χ0v) is 15.4. The van der Waals surface area contributed by atoms with Crippen molar-refractivity contribution in [3.8, 4) is 0 Å². The van der Waals surface area contributed by atoms with E-state index in [0.29, 0.717) is 24.6 Å². The highest BCUT2D eigenvalue weighted by molar-refractivity contribution is 7.19. The van der Waals surface area contributed by atoms with Gasteiger partial charge in [-0.1, -0.05) is 36.4 Å². The molecule has 26 heavy (non-hydrogen) atoms. The molecule has 4 nitrogen and oxygen atoms in total. The zero-order valence-electron chi connectivity index (χ0n) is 14.6. The summed E-state index contributed by atoms with van der Waals surface area (Å²) in [6.07, 6.45) is -0.635. The van der Waals surface area contributed by atoms with Crippen LogP contribution in [-0.4, -0.2) is 24.2 Å². The number of fused-ring (bicyclic) bond motifs is 1. The summed E-state index contributed by atoms with van der Waals surface area (Å²) in [5.74, 6) is 0.285. The Balaban J connectivity index is 1.64. The third-order valence-electron chi connectivity index (χ3n) is 3.95. The number of nitrogens with zero attached hydrogens (tertiary/aromatic N) is 1. The fraction of sp³-hybridized carbons (Fsp3) is 0.250. The molecular weight excluding hydrogens is 349 g/mol. The van der Waals surface area contributed by atoms with Crippen LogP contribution < -0.4 is 10.6 Å². The molecule has 0 saturated heterocycles. The van der Waals surface area contributed by atoms with E-state index >= 15 is 0 Å². The Morgan fingerprint density at radius 1 is 1.15 bits per heavy atom. The van der Waals surface area contributed by atoms with Crippen LogP contribution >= 0.6 is 11.3 Å². The lowest BCUT2D eigenvalue weighted by atomic mass is 10.2. The molecular formula is C20H22FN3OS. The van der Waals surface area contributed by atoms with E-state index < -0.39 is 6.10 Å². The molecule has 136 valence electrons. The minimum Gasteiger partial charge on any atom is -0.386 e. The van der Waals surface area contributed by atoms with Crippen molar-refractivity contribution in [3.05, 3.63) is 70.9 Å². The van der Waals surface area contributed by atoms with Gasteiger partial charge in [0, 0.05) is 28.2 Å². The number of hydrogen-bond donors (Lipinski definition) is 3. The van der Waals surface area contributed by atoms with Crippen LogP contribution in [0.5, 0.6) is 0 Å². The molecule has 3 aromatic rings. The molecule has 0 amide bonds. The molecule has 0 radical (unpaired) electrons. The van der Waals surface area contributed by atoms with E-state index in [9.17, 15) is 9.50 Å². The van der Waals surface area contributed by atoms with Gasteiger partial charge in [-0.15, -0.1) is 11.3 Å². The summed E-state index contributed by atoms with van der Waals surface area (Å²) in [7, 11) is 0. The lowest BCUT2D eigenvalue weighted by Gasteiger charge is -2.14. The van der Waals surface area contributed by atoms with E-state index in [4.69, 9.17) is 0 Å². The van der Waals surface area contributed by atoms with Gasteiger partial charge in [-0.3, -0.25) is 0 Å². The highest BCUT2D eigenvalue weighted by atomic mass is 32.1. The summed E-state index contributed by atoms with van der Waals surface area (Å²) in [4.78, 5) is 5.31. The predicted octanol–water partition coefficient (Wildman–Crippen LogP) is 3.83. The second-order valence-electron chi connectivity index (χ2n) is 5.87. The zero-order chi connectivity index (χ0) is 18.4. The first-order valence-electron chi connectivity index (χ1n) is 8.59. The normalized spacial score (nSPS) is 13.0. The number of hydrogen-bond acceptors (Lipinski definition) is 3. The number of halogens is 1. The van der Waals surface area contributed by atoms with E-state index in [2.05, 4.69) is 15.6 Å². The fourth-order valence-corrected chi connectivity index (χ4v) is 3.64. The van der Waals surface area contributed by atoms with Crippen molar-refractivity contribution in [2.24, 2.45) is 4.99 Å². The summed E-state index contributed by atoms with van der Waals surface area (Å²) in [6, 6.07) is 16.7. The number of aliphatic hydroxyl groups excluding tert-OH is 1. The maximum absolute atomic E-state index is 13.7. The van der Waals surface area contributed by atoms with Gasteiger partial charge in [0.2, 0.25) is 0 Å². The number of guanidine groups is 1. The SMILES string of the molecule is CCNC(=NCc1ccccc1F)NCC(O)c1cc2ccccc2s1. The molecule has 3 N–H and O–H groups in total. The van der Waals surface area contributed by atoms with Gasteiger partial charge >= 0.3 is 0 Å². The van der Waals surface area contributed by atoms with Crippen molar-refractivity contribution < 1.29 is 9.50 Å². The molecule has 0 saturated carbocycles. The molecule has 0 fully saturated rings. The van der Waals surface area contributed by atoms with Crippen LogP contribution in [0.3, 0.4) is 0 Å². The van der Waals surface area contributed by atoms with Crippen molar-refractivity contribution in [1.82, 2.24) is 10.6 Å². The highest BCUT2D eigenvalue weighted by Gasteiger charge is 2.12. The van der Waals surface area contributed by atoms with Crippen molar-refractivity contribution in [3.63, 3.8) is 0 Å². The average molecular weight is 371 g/mol. The van der Waals surface area contributed by atoms with Gasteiger partial charge in [-0.05, 0) is 30.5 Å². The Morgan fingerprint density at radius 3 is 2.69 bits per heavy atom. The van der Waals surface area contributed by atoms with Crippen LogP contribution in [0.15, 0.2) is 59.6 Å². The van der Waals surface area contributed by atoms with Gasteiger partial charge in [0.15, 0.2) is 5.96 Å². The lowest BCUT2D eigenvalue weighted by Crippen LogP contribution is -2.39. The van der Waals surface area contributed by atoms with E-state index in [1.54, 1.807) is 29.5 Å². The van der Waals surface area contributed by atoms with Gasteiger partial charge in [0.25, 0.3) is 0 Å². The largest absolute Gasteiger partial charge is 0.386 e. The average Bonchev–Trinajstić information content (AvgIpc) is 3.09. The third kappa shape index (κ3) is 4.59. The molecule has 6 heteroatoms. The Hall–Kier alpha value is -2.44. The minimum atomic E-state index is -0.635. The molecule has 0 aliphatic carbocycles. The molecule has 0 aliphatic rings. The molecule has 0 aliphatic heterocycles. The summed E-state index contributed by atoms with van der Waals surface area (Å²) in [5, 5.41) is 17.8. The number of aliphatic imine (C=N–C) groups is 1. The van der Waals surface area contributed by atoms with Gasteiger partial charge in [0.1, 0.15) is 11.9 Å². The Morgan fingerprint density at radius 2 is 1.92 bits per heavy atom. The first-order chi connectivity index (χ1) is 12.7. The van der Waals surface area contributed by atoms with Gasteiger partial charge in [-0.25, -0.2) is 9.38 Å². The third-order valence-corrected chi connectivity index (χ3v) is 5.16. The Labute approximate surface area is 156 Å². The maximum atomic E-state index is 13.7. The van der Waals surface area contributed by atoms with Gasteiger partial charge in [-0.2, -0.15) is 0 Å². The van der Waals surface area contributed by atoms with E-state index in [1.807, 2.05) is 37.3 Å². The lowest BCUT2D eigenvalue weighted by molar-refractivity contribution is 0.184. The molecule has 2 aromatic carbocycles. The van der Waals surface area contributed by atoms with Crippen LogP contribution in [-0.2, 0) is 6.54 Å². The van der Waals surface area contributed by atoms with Crippen LogP contribution in [0, 0.1) is 5.82 Å². The first kappa shape index (κ1) is 18.4. The quantitative estimate of drug-likeness (QED) is 0.456. The number of rotatable bonds is 6. The van der Waals surface area contributed by atoms with E-state index in [-0.39, 0.29) is 12.4 Å². The van der Waals surface area contributed by atoms with Crippen LogP contribution in [0.4, 0.5) is 4.39 Å². The smallest absolute Gasteiger partial charge is 0.191 e. The molecule has 1 atom stereocenters. The van der Waals surface area contributed by atoms with Crippen molar-refractivity contribution >= 4 is 27.4 Å². The van der Waals surface area contributed by atoms with Gasteiger partial charge < -0.3 is 15.7 Å². The van der Waals surface area contributed by atoms with Crippen molar-refractivity contribution in [2.75, 3.05) is 13.1 Å². The van der Waals surface area contributed by atoms with E-state index in [0.717, 1.165) is 15.0 Å². The standard InChI is InChI=1S/C20H22FN3OS/c1-2-22-20(23-12-15-8-3-5-9-16(15)21)24-13-17(25)19-11-14-7-4-6-10-18(14)26-19/h3-11,17,25H,2,12-13H2,1H3,(H2,22,23,24). The Bertz CT molecular complexity index is 860. The minimum absolute atomic E-state index is 0.237. The van der Waals surface area contributed by atoms with E-state index in [1.165, 1.54) is 6.07 Å². The summed E-state index contributed by atoms with van der Waals surface area (Å²) in [6.45, 7) is 3.21. The number of nitrogens with one attached hydrogen (secondary N) is 2. The summed E-state index contributed by atoms with van der Waals surface area (Å²) >= 11 is 1.58. The summed E-state index contributed by atoms with van der Waals surface area (Å²) in [5.41, 5.74) is 0.537. The molecule has 1 aromatic heterocycles. The molecule has 1 unspecified atom stereocenters. The molecule has 3 rings (SSSR count). The summed E-state index contributed by atoms with van der Waals surface area (Å²) < 4.78 is 14.9. The number of benzene rings is 2. The molecule has 0 spiro atoms. The van der Waals surface area contributed by atoms with Crippen LogP contribution in [0.25, 0.3) is 10.1 Å². The molecule has 1 heterocycles. The monoisotopic (exact) mass is 371 g/mol. The maximum Gasteiger partial charge on any atom is 0.191 e. The first-order valence-corrected chi connectivity index (χ1v) is 9.41. The Kier molecular flexibility index (Phi) is 6.20. The second-order valence-corrected chi connectivity index (χ2v) is 6.99. The fourth-order valence-electron chi connectivity index (χ4n) is 2.59.